The van der Waals surface area contributed by atoms with Gasteiger partial charge in [0.05, 0.1) is 6.61 Å². The van der Waals surface area contributed by atoms with Crippen molar-refractivity contribution in [3.63, 3.8) is 0 Å². The Hall–Kier alpha value is -1.71. The van der Waals surface area contributed by atoms with Crippen molar-refractivity contribution >= 4 is 6.09 Å². The fraction of sp³-hybridized carbons (Fsp3) is 0.562. The predicted molar refractivity (Wildman–Crippen MR) is 78.3 cm³/mol. The lowest BCUT2D eigenvalue weighted by Gasteiger charge is -2.29. The van der Waals surface area contributed by atoms with Gasteiger partial charge in [-0.15, -0.1) is 0 Å². The van der Waals surface area contributed by atoms with Gasteiger partial charge in [-0.1, -0.05) is 17.7 Å². The Morgan fingerprint density at radius 2 is 2.05 bits per heavy atom. The summed E-state index contributed by atoms with van der Waals surface area (Å²) in [5.41, 5.74) is 2.42. The van der Waals surface area contributed by atoms with E-state index in [4.69, 9.17) is 9.84 Å². The molecule has 0 spiro atoms. The second kappa shape index (κ2) is 6.64. The summed E-state index contributed by atoms with van der Waals surface area (Å²) in [6, 6.07) is 6.21. The number of nitrogens with zero attached hydrogens (tertiary/aromatic N) is 1. The summed E-state index contributed by atoms with van der Waals surface area (Å²) in [5, 5.41) is 8.90. The van der Waals surface area contributed by atoms with Gasteiger partial charge in [0.15, 0.2) is 0 Å². The molecule has 1 aromatic carbocycles. The molecule has 1 aliphatic rings. The molecule has 1 heterocycles. The molecular formula is C16H23NO3. The summed E-state index contributed by atoms with van der Waals surface area (Å²) in [5.74, 6) is 1.54. The quantitative estimate of drug-likeness (QED) is 0.917. The van der Waals surface area contributed by atoms with Gasteiger partial charge in [-0.2, -0.15) is 0 Å². The largest absolute Gasteiger partial charge is 0.493 e. The Labute approximate surface area is 120 Å². The third kappa shape index (κ3) is 3.89. The van der Waals surface area contributed by atoms with Crippen molar-refractivity contribution in [3.8, 4) is 5.75 Å². The Balaban J connectivity index is 1.73. The van der Waals surface area contributed by atoms with Gasteiger partial charge in [0.25, 0.3) is 0 Å². The fourth-order valence-electron chi connectivity index (χ4n) is 2.71. The lowest BCUT2D eigenvalue weighted by atomic mass is 9.94. The summed E-state index contributed by atoms with van der Waals surface area (Å²) in [6.45, 7) is 6.16. The molecule has 20 heavy (non-hydrogen) atoms. The van der Waals surface area contributed by atoms with Crippen LogP contribution in [0.15, 0.2) is 18.2 Å². The van der Waals surface area contributed by atoms with Crippen molar-refractivity contribution in [2.45, 2.75) is 33.1 Å². The molecule has 0 aliphatic carbocycles. The average Bonchev–Trinajstić information content (AvgIpc) is 2.42. The second-order valence-corrected chi connectivity index (χ2v) is 5.62. The van der Waals surface area contributed by atoms with Crippen LogP contribution >= 0.6 is 0 Å². The maximum absolute atomic E-state index is 10.8. The maximum atomic E-state index is 10.8. The smallest absolute Gasteiger partial charge is 0.407 e. The van der Waals surface area contributed by atoms with Gasteiger partial charge < -0.3 is 14.7 Å². The highest BCUT2D eigenvalue weighted by atomic mass is 16.5. The summed E-state index contributed by atoms with van der Waals surface area (Å²) >= 11 is 0. The number of aryl methyl sites for hydroxylation is 2. The summed E-state index contributed by atoms with van der Waals surface area (Å²) < 4.78 is 5.84. The molecule has 1 saturated heterocycles. The van der Waals surface area contributed by atoms with Crippen molar-refractivity contribution in [3.05, 3.63) is 29.3 Å². The molecular weight excluding hydrogens is 254 g/mol. The molecule has 0 radical (unpaired) electrons. The normalized spacial score (nSPS) is 16.2. The van der Waals surface area contributed by atoms with Crippen molar-refractivity contribution in [2.75, 3.05) is 19.7 Å². The molecule has 4 heteroatoms. The first-order valence-corrected chi connectivity index (χ1v) is 7.24. The number of carboxylic acid groups (broad SMARTS) is 1. The molecule has 1 amide bonds. The van der Waals surface area contributed by atoms with E-state index in [-0.39, 0.29) is 0 Å². The van der Waals surface area contributed by atoms with E-state index in [0.29, 0.717) is 25.6 Å². The number of amides is 1. The lowest BCUT2D eigenvalue weighted by Crippen LogP contribution is -2.37. The number of carbonyl (C=O) groups is 1. The van der Waals surface area contributed by atoms with E-state index in [9.17, 15) is 4.79 Å². The molecule has 0 saturated carbocycles. The van der Waals surface area contributed by atoms with Gasteiger partial charge in [-0.3, -0.25) is 0 Å². The van der Waals surface area contributed by atoms with Crippen LogP contribution in [0, 0.1) is 19.8 Å². The third-order valence-electron chi connectivity index (χ3n) is 4.00. The standard InChI is InChI=1S/C16H23NO3/c1-12-3-4-15(13(2)11-12)20-10-7-14-5-8-17(9-6-14)16(18)19/h3-4,11,14H,5-10H2,1-2H3,(H,18,19). The minimum absolute atomic E-state index is 0.580. The van der Waals surface area contributed by atoms with Crippen LogP contribution in [-0.4, -0.2) is 35.8 Å². The minimum atomic E-state index is -0.796. The molecule has 1 aromatic rings. The second-order valence-electron chi connectivity index (χ2n) is 5.62. The van der Waals surface area contributed by atoms with Crippen LogP contribution in [0.1, 0.15) is 30.4 Å². The Morgan fingerprint density at radius 3 is 2.65 bits per heavy atom. The van der Waals surface area contributed by atoms with Crippen molar-refractivity contribution in [2.24, 2.45) is 5.92 Å². The van der Waals surface area contributed by atoms with E-state index in [0.717, 1.165) is 25.0 Å². The molecule has 0 aromatic heterocycles. The highest BCUT2D eigenvalue weighted by Crippen LogP contribution is 2.23. The first-order valence-electron chi connectivity index (χ1n) is 7.24. The van der Waals surface area contributed by atoms with Crippen LogP contribution in [0.3, 0.4) is 0 Å². The van der Waals surface area contributed by atoms with Crippen molar-refractivity contribution in [1.29, 1.82) is 0 Å². The van der Waals surface area contributed by atoms with Crippen LogP contribution in [0.25, 0.3) is 0 Å². The van der Waals surface area contributed by atoms with Crippen molar-refractivity contribution < 1.29 is 14.6 Å². The molecule has 1 aliphatic heterocycles. The molecule has 0 bridgehead atoms. The van der Waals surface area contributed by atoms with Crippen LogP contribution in [0.4, 0.5) is 4.79 Å². The summed E-state index contributed by atoms with van der Waals surface area (Å²) in [7, 11) is 0. The van der Waals surface area contributed by atoms with Crippen molar-refractivity contribution in [1.82, 2.24) is 4.90 Å². The number of likely N-dealkylation sites (tertiary alicyclic amines) is 1. The van der Waals surface area contributed by atoms with E-state index >= 15 is 0 Å². The molecule has 1 N–H and O–H groups in total. The number of hydrogen-bond donors (Lipinski definition) is 1. The highest BCUT2D eigenvalue weighted by Gasteiger charge is 2.21. The molecule has 2 rings (SSSR count). The van der Waals surface area contributed by atoms with Gasteiger partial charge >= 0.3 is 6.09 Å². The fourth-order valence-corrected chi connectivity index (χ4v) is 2.71. The molecule has 110 valence electrons. The van der Waals surface area contributed by atoms with Crippen LogP contribution in [0.2, 0.25) is 0 Å². The van der Waals surface area contributed by atoms with E-state index < -0.39 is 6.09 Å². The lowest BCUT2D eigenvalue weighted by molar-refractivity contribution is 0.119. The maximum Gasteiger partial charge on any atom is 0.407 e. The van der Waals surface area contributed by atoms with E-state index in [1.54, 1.807) is 0 Å². The molecule has 0 atom stereocenters. The monoisotopic (exact) mass is 277 g/mol. The Bertz CT molecular complexity index is 465. The Kier molecular flexibility index (Phi) is 4.88. The predicted octanol–water partition coefficient (Wildman–Crippen LogP) is 3.46. The van der Waals surface area contributed by atoms with E-state index in [2.05, 4.69) is 26.0 Å². The number of ether oxygens (including phenoxy) is 1. The number of piperidine rings is 1. The number of hydrogen-bond acceptors (Lipinski definition) is 2. The minimum Gasteiger partial charge on any atom is -0.493 e. The zero-order valence-electron chi connectivity index (χ0n) is 12.3. The van der Waals surface area contributed by atoms with E-state index in [1.165, 1.54) is 16.0 Å². The van der Waals surface area contributed by atoms with Gasteiger partial charge in [-0.25, -0.2) is 4.79 Å². The van der Waals surface area contributed by atoms with Crippen LogP contribution < -0.4 is 4.74 Å². The Morgan fingerprint density at radius 1 is 1.35 bits per heavy atom. The number of benzene rings is 1. The van der Waals surface area contributed by atoms with Gasteiger partial charge in [-0.05, 0) is 50.7 Å². The zero-order chi connectivity index (χ0) is 14.5. The zero-order valence-corrected chi connectivity index (χ0v) is 12.3. The summed E-state index contributed by atoms with van der Waals surface area (Å²) in [6.07, 6.45) is 2.10. The molecule has 0 unspecified atom stereocenters. The summed E-state index contributed by atoms with van der Waals surface area (Å²) in [4.78, 5) is 12.3. The van der Waals surface area contributed by atoms with Crippen LogP contribution in [0.5, 0.6) is 5.75 Å². The number of rotatable bonds is 4. The van der Waals surface area contributed by atoms with Crippen LogP contribution in [-0.2, 0) is 0 Å². The van der Waals surface area contributed by atoms with E-state index in [1.807, 2.05) is 6.07 Å². The topological polar surface area (TPSA) is 49.8 Å². The highest BCUT2D eigenvalue weighted by molar-refractivity contribution is 5.64. The third-order valence-corrected chi connectivity index (χ3v) is 4.00. The SMILES string of the molecule is Cc1ccc(OCCC2CCN(C(=O)O)CC2)c(C)c1. The van der Waals surface area contributed by atoms with Gasteiger partial charge in [0.2, 0.25) is 0 Å². The first kappa shape index (κ1) is 14.7. The molecule has 1 fully saturated rings. The average molecular weight is 277 g/mol. The van der Waals surface area contributed by atoms with Gasteiger partial charge in [0.1, 0.15) is 5.75 Å². The molecule has 4 nitrogen and oxygen atoms in total. The first-order chi connectivity index (χ1) is 9.56. The van der Waals surface area contributed by atoms with Gasteiger partial charge in [0, 0.05) is 13.1 Å².